The van der Waals surface area contributed by atoms with E-state index in [1.54, 1.807) is 22.7 Å². The van der Waals surface area contributed by atoms with Crippen LogP contribution in [0, 0.1) is 0 Å². The number of rotatable bonds is 4. The number of nitrogens with zero attached hydrogens (tertiary/aromatic N) is 4. The van der Waals surface area contributed by atoms with Crippen LogP contribution in [0.25, 0.3) is 17.0 Å². The van der Waals surface area contributed by atoms with Gasteiger partial charge in [-0.05, 0) is 24.3 Å². The van der Waals surface area contributed by atoms with E-state index >= 15 is 0 Å². The monoisotopic (exact) mass is 292 g/mol. The Balaban J connectivity index is 2.04. The Bertz CT molecular complexity index is 758. The summed E-state index contributed by atoms with van der Waals surface area (Å²) in [6, 6.07) is 6.12. The summed E-state index contributed by atoms with van der Waals surface area (Å²) in [4.78, 5) is 3.99. The fourth-order valence-electron chi connectivity index (χ4n) is 1.94. The number of hydrogen-bond donors (Lipinski definition) is 0. The van der Waals surface area contributed by atoms with E-state index in [1.807, 2.05) is 0 Å². The minimum atomic E-state index is -2.85. The van der Waals surface area contributed by atoms with Crippen molar-refractivity contribution in [1.82, 2.24) is 19.6 Å². The number of benzene rings is 1. The van der Waals surface area contributed by atoms with Crippen molar-refractivity contribution in [3.05, 3.63) is 36.7 Å². The van der Waals surface area contributed by atoms with Gasteiger partial charge in [-0.2, -0.15) is 8.78 Å². The highest BCUT2D eigenvalue weighted by Crippen LogP contribution is 2.25. The lowest BCUT2D eigenvalue weighted by molar-refractivity contribution is -0.0498. The predicted octanol–water partition coefficient (Wildman–Crippen LogP) is 2.40. The maximum Gasteiger partial charge on any atom is 0.387 e. The highest BCUT2D eigenvalue weighted by atomic mass is 19.3. The van der Waals surface area contributed by atoms with E-state index in [2.05, 4.69) is 19.9 Å². The fraction of sp³-hybridized carbons (Fsp3) is 0.154. The molecule has 0 spiro atoms. The molecule has 0 saturated heterocycles. The number of aromatic nitrogens is 4. The molecular weight excluding hydrogens is 282 g/mol. The van der Waals surface area contributed by atoms with Gasteiger partial charge in [-0.1, -0.05) is 0 Å². The molecule has 1 aromatic carbocycles. The van der Waals surface area contributed by atoms with E-state index in [1.165, 1.54) is 25.4 Å². The molecule has 0 aliphatic rings. The normalized spacial score (nSPS) is 11.0. The average molecular weight is 292 g/mol. The van der Waals surface area contributed by atoms with Crippen molar-refractivity contribution in [2.45, 2.75) is 6.61 Å². The van der Waals surface area contributed by atoms with Crippen molar-refractivity contribution in [3.8, 4) is 23.0 Å². The molecule has 0 amide bonds. The zero-order valence-electron chi connectivity index (χ0n) is 10.9. The summed E-state index contributed by atoms with van der Waals surface area (Å²) in [5, 5.41) is 8.06. The molecule has 8 heteroatoms. The van der Waals surface area contributed by atoms with Crippen LogP contribution in [0.1, 0.15) is 0 Å². The highest BCUT2D eigenvalue weighted by Gasteiger charge is 2.13. The van der Waals surface area contributed by atoms with Gasteiger partial charge in [-0.25, -0.2) is 4.40 Å². The second-order valence-electron chi connectivity index (χ2n) is 4.07. The maximum absolute atomic E-state index is 12.1. The smallest absolute Gasteiger partial charge is 0.387 e. The lowest BCUT2D eigenvalue weighted by Gasteiger charge is -2.07. The van der Waals surface area contributed by atoms with Gasteiger partial charge in [0.05, 0.1) is 19.5 Å². The maximum atomic E-state index is 12.1. The number of fused-ring (bicyclic) bond motifs is 1. The third kappa shape index (κ3) is 2.47. The first-order valence-electron chi connectivity index (χ1n) is 5.97. The lowest BCUT2D eigenvalue weighted by atomic mass is 10.2. The molecule has 3 rings (SSSR count). The van der Waals surface area contributed by atoms with E-state index < -0.39 is 6.61 Å². The predicted molar refractivity (Wildman–Crippen MR) is 69.4 cm³/mol. The van der Waals surface area contributed by atoms with E-state index in [0.29, 0.717) is 22.9 Å². The number of hydrogen-bond acceptors (Lipinski definition) is 5. The van der Waals surface area contributed by atoms with Gasteiger partial charge < -0.3 is 9.47 Å². The molecule has 0 atom stereocenters. The van der Waals surface area contributed by atoms with Crippen LogP contribution in [-0.2, 0) is 0 Å². The van der Waals surface area contributed by atoms with Crippen LogP contribution in [-0.4, -0.2) is 33.3 Å². The molecular formula is C13H10F2N4O2. The van der Waals surface area contributed by atoms with Crippen LogP contribution in [0.5, 0.6) is 11.6 Å². The second-order valence-corrected chi connectivity index (χ2v) is 4.07. The second kappa shape index (κ2) is 5.31. The van der Waals surface area contributed by atoms with Crippen LogP contribution in [0.2, 0.25) is 0 Å². The number of methoxy groups -OCH3 is 1. The van der Waals surface area contributed by atoms with Gasteiger partial charge in [-0.3, -0.25) is 4.98 Å². The van der Waals surface area contributed by atoms with Gasteiger partial charge in [0, 0.05) is 5.56 Å². The largest absolute Gasteiger partial charge is 0.481 e. The minimum Gasteiger partial charge on any atom is -0.481 e. The summed E-state index contributed by atoms with van der Waals surface area (Å²) >= 11 is 0. The molecule has 0 radical (unpaired) electrons. The quantitative estimate of drug-likeness (QED) is 0.739. The van der Waals surface area contributed by atoms with E-state index in [-0.39, 0.29) is 5.75 Å². The Morgan fingerprint density at radius 2 is 1.86 bits per heavy atom. The van der Waals surface area contributed by atoms with Crippen molar-refractivity contribution in [2.75, 3.05) is 7.11 Å². The van der Waals surface area contributed by atoms with Crippen molar-refractivity contribution < 1.29 is 18.3 Å². The van der Waals surface area contributed by atoms with Gasteiger partial charge >= 0.3 is 6.61 Å². The van der Waals surface area contributed by atoms with Crippen LogP contribution < -0.4 is 9.47 Å². The van der Waals surface area contributed by atoms with Crippen LogP contribution in [0.4, 0.5) is 8.78 Å². The lowest BCUT2D eigenvalue weighted by Crippen LogP contribution is -2.01. The molecule has 108 valence electrons. The van der Waals surface area contributed by atoms with Gasteiger partial charge in [0.1, 0.15) is 5.75 Å². The zero-order valence-corrected chi connectivity index (χ0v) is 10.9. The molecule has 0 fully saturated rings. The van der Waals surface area contributed by atoms with Crippen LogP contribution >= 0.6 is 0 Å². The van der Waals surface area contributed by atoms with Gasteiger partial charge in [0.25, 0.3) is 0 Å². The van der Waals surface area contributed by atoms with Gasteiger partial charge in [0.2, 0.25) is 5.88 Å². The molecule has 2 aromatic heterocycles. The molecule has 2 heterocycles. The number of alkyl halides is 2. The zero-order chi connectivity index (χ0) is 14.8. The summed E-state index contributed by atoms with van der Waals surface area (Å²) in [5.74, 6) is 1.07. The molecule has 0 saturated carbocycles. The van der Waals surface area contributed by atoms with E-state index in [0.717, 1.165) is 0 Å². The molecule has 0 N–H and O–H groups in total. The van der Waals surface area contributed by atoms with E-state index in [4.69, 9.17) is 4.74 Å². The minimum absolute atomic E-state index is 0.0798. The summed E-state index contributed by atoms with van der Waals surface area (Å²) in [6.07, 6.45) is 3.08. The highest BCUT2D eigenvalue weighted by molar-refractivity contribution is 5.61. The first kappa shape index (κ1) is 13.2. The fourth-order valence-corrected chi connectivity index (χ4v) is 1.94. The molecule has 3 aromatic rings. The summed E-state index contributed by atoms with van der Waals surface area (Å²) in [6.45, 7) is -2.85. The summed E-state index contributed by atoms with van der Waals surface area (Å²) in [7, 11) is 1.51. The van der Waals surface area contributed by atoms with Gasteiger partial charge in [-0.15, -0.1) is 10.2 Å². The standard InChI is InChI=1S/C13H10F2N4O2/c1-20-11-7-16-6-10-17-18-12(19(10)11)8-2-4-9(5-3-8)21-13(14)15/h2-7,13H,1H3. The first-order chi connectivity index (χ1) is 10.2. The molecule has 0 unspecified atom stereocenters. The first-order valence-corrected chi connectivity index (χ1v) is 5.97. The molecule has 6 nitrogen and oxygen atoms in total. The average Bonchev–Trinajstić information content (AvgIpc) is 2.91. The Kier molecular flexibility index (Phi) is 3.35. The van der Waals surface area contributed by atoms with Crippen molar-refractivity contribution in [3.63, 3.8) is 0 Å². The van der Waals surface area contributed by atoms with Gasteiger partial charge in [0.15, 0.2) is 11.5 Å². The van der Waals surface area contributed by atoms with Crippen LogP contribution in [0.15, 0.2) is 36.7 Å². The van der Waals surface area contributed by atoms with Crippen molar-refractivity contribution in [2.24, 2.45) is 0 Å². The Labute approximate surface area is 118 Å². The third-order valence-electron chi connectivity index (χ3n) is 2.83. The molecule has 0 aliphatic carbocycles. The molecule has 0 bridgehead atoms. The Hall–Kier alpha value is -2.77. The number of halogens is 2. The van der Waals surface area contributed by atoms with Crippen molar-refractivity contribution >= 4 is 5.65 Å². The van der Waals surface area contributed by atoms with Crippen molar-refractivity contribution in [1.29, 1.82) is 0 Å². The Morgan fingerprint density at radius 3 is 2.52 bits per heavy atom. The topological polar surface area (TPSA) is 61.5 Å². The van der Waals surface area contributed by atoms with E-state index in [9.17, 15) is 8.78 Å². The van der Waals surface area contributed by atoms with Crippen LogP contribution in [0.3, 0.4) is 0 Å². The summed E-state index contributed by atoms with van der Waals surface area (Å²) in [5.41, 5.74) is 1.21. The number of ether oxygens (including phenoxy) is 2. The summed E-state index contributed by atoms with van der Waals surface area (Å²) < 4.78 is 35.5. The third-order valence-corrected chi connectivity index (χ3v) is 2.83. The SMILES string of the molecule is COc1cncc2nnc(-c3ccc(OC(F)F)cc3)n12. The molecule has 21 heavy (non-hydrogen) atoms. The molecule has 0 aliphatic heterocycles. The Morgan fingerprint density at radius 1 is 1.10 bits per heavy atom.